The molecule has 0 radical (unpaired) electrons. The molecule has 0 spiro atoms. The summed E-state index contributed by atoms with van der Waals surface area (Å²) in [6.07, 6.45) is 4.52. The summed E-state index contributed by atoms with van der Waals surface area (Å²) >= 11 is 0. The molecule has 134 valence electrons. The molecule has 6 heteroatoms. The first kappa shape index (κ1) is 17.7. The minimum Gasteiger partial charge on any atom is -0.338 e. The second-order valence-corrected chi connectivity index (χ2v) is 5.90. The van der Waals surface area contributed by atoms with E-state index in [1.54, 1.807) is 18.3 Å². The smallest absolute Gasteiger partial charge is 0.315 e. The lowest BCUT2D eigenvalue weighted by atomic mass is 10.2. The fourth-order valence-electron chi connectivity index (χ4n) is 2.64. The van der Waals surface area contributed by atoms with Crippen LogP contribution in [-0.2, 0) is 13.1 Å². The summed E-state index contributed by atoms with van der Waals surface area (Å²) < 4.78 is 14.9. The molecule has 0 atom stereocenters. The Morgan fingerprint density at radius 3 is 2.58 bits per heavy atom. The first-order valence-corrected chi connectivity index (χ1v) is 8.55. The fraction of sp³-hybridized carbons (Fsp3) is 0.200. The zero-order chi connectivity index (χ0) is 18.2. The molecule has 0 unspecified atom stereocenters. The predicted octanol–water partition coefficient (Wildman–Crippen LogP) is 3.58. The van der Waals surface area contributed by atoms with Crippen molar-refractivity contribution >= 4 is 6.03 Å². The standard InChI is InChI=1S/C20H21FN4O/c21-18-9-7-16(8-10-18)15-24-20(26)23-11-4-13-25-14-12-22-19(25)17-5-2-1-3-6-17/h1-3,5-10,12,14H,4,11,13,15H2,(H2,23,24,26). The van der Waals surface area contributed by atoms with Crippen molar-refractivity contribution in [1.82, 2.24) is 20.2 Å². The number of carbonyl (C=O) groups is 1. The Morgan fingerprint density at radius 2 is 1.81 bits per heavy atom. The third-order valence-electron chi connectivity index (χ3n) is 3.98. The van der Waals surface area contributed by atoms with Crippen molar-refractivity contribution in [1.29, 1.82) is 0 Å². The molecule has 2 N–H and O–H groups in total. The van der Waals surface area contributed by atoms with E-state index in [-0.39, 0.29) is 11.8 Å². The Labute approximate surface area is 151 Å². The number of aromatic nitrogens is 2. The molecule has 1 heterocycles. The fourth-order valence-corrected chi connectivity index (χ4v) is 2.64. The summed E-state index contributed by atoms with van der Waals surface area (Å²) in [7, 11) is 0. The van der Waals surface area contributed by atoms with E-state index in [1.807, 2.05) is 36.5 Å². The maximum absolute atomic E-state index is 12.8. The molecule has 0 saturated carbocycles. The molecule has 1 aromatic heterocycles. The van der Waals surface area contributed by atoms with Crippen LogP contribution in [0.15, 0.2) is 67.0 Å². The van der Waals surface area contributed by atoms with E-state index in [4.69, 9.17) is 0 Å². The lowest BCUT2D eigenvalue weighted by Crippen LogP contribution is -2.35. The van der Waals surface area contributed by atoms with Crippen LogP contribution >= 0.6 is 0 Å². The number of urea groups is 1. The molecule has 2 aromatic carbocycles. The molecular formula is C20H21FN4O. The van der Waals surface area contributed by atoms with E-state index in [0.717, 1.165) is 29.9 Å². The molecule has 0 aliphatic rings. The SMILES string of the molecule is O=C(NCCCn1ccnc1-c1ccccc1)NCc1ccc(F)cc1. The zero-order valence-corrected chi connectivity index (χ0v) is 14.4. The van der Waals surface area contributed by atoms with Gasteiger partial charge in [-0.2, -0.15) is 0 Å². The van der Waals surface area contributed by atoms with Crippen LogP contribution in [0, 0.1) is 5.82 Å². The van der Waals surface area contributed by atoms with E-state index in [2.05, 4.69) is 20.2 Å². The van der Waals surface area contributed by atoms with Crippen LogP contribution in [0.3, 0.4) is 0 Å². The van der Waals surface area contributed by atoms with Crippen molar-refractivity contribution in [2.24, 2.45) is 0 Å². The highest BCUT2D eigenvalue weighted by Crippen LogP contribution is 2.16. The van der Waals surface area contributed by atoms with Gasteiger partial charge in [-0.05, 0) is 24.1 Å². The number of amides is 2. The van der Waals surface area contributed by atoms with E-state index in [0.29, 0.717) is 13.1 Å². The predicted molar refractivity (Wildman–Crippen MR) is 98.9 cm³/mol. The zero-order valence-electron chi connectivity index (χ0n) is 14.4. The number of carbonyl (C=O) groups excluding carboxylic acids is 1. The molecule has 0 aliphatic carbocycles. The van der Waals surface area contributed by atoms with Crippen molar-refractivity contribution in [3.05, 3.63) is 78.4 Å². The maximum Gasteiger partial charge on any atom is 0.315 e. The van der Waals surface area contributed by atoms with Gasteiger partial charge in [-0.15, -0.1) is 0 Å². The molecule has 0 bridgehead atoms. The maximum atomic E-state index is 12.8. The van der Waals surface area contributed by atoms with Crippen LogP contribution in [0.5, 0.6) is 0 Å². The van der Waals surface area contributed by atoms with Gasteiger partial charge in [0.25, 0.3) is 0 Å². The average Bonchev–Trinajstić information content (AvgIpc) is 3.14. The minimum absolute atomic E-state index is 0.233. The summed E-state index contributed by atoms with van der Waals surface area (Å²) in [5.74, 6) is 0.638. The first-order valence-electron chi connectivity index (χ1n) is 8.55. The molecule has 3 aromatic rings. The highest BCUT2D eigenvalue weighted by atomic mass is 19.1. The first-order chi connectivity index (χ1) is 12.7. The summed E-state index contributed by atoms with van der Waals surface area (Å²) in [5.41, 5.74) is 1.93. The molecule has 26 heavy (non-hydrogen) atoms. The number of nitrogens with one attached hydrogen (secondary N) is 2. The second kappa shape index (κ2) is 8.80. The average molecular weight is 352 g/mol. The van der Waals surface area contributed by atoms with Gasteiger partial charge in [0.05, 0.1) is 0 Å². The molecule has 3 rings (SSSR count). The highest BCUT2D eigenvalue weighted by molar-refractivity contribution is 5.73. The van der Waals surface area contributed by atoms with Gasteiger partial charge in [-0.1, -0.05) is 42.5 Å². The van der Waals surface area contributed by atoms with Gasteiger partial charge in [-0.25, -0.2) is 14.2 Å². The van der Waals surface area contributed by atoms with Gasteiger partial charge in [0.2, 0.25) is 0 Å². The monoisotopic (exact) mass is 352 g/mol. The van der Waals surface area contributed by atoms with Crippen LogP contribution < -0.4 is 10.6 Å². The van der Waals surface area contributed by atoms with E-state index >= 15 is 0 Å². The van der Waals surface area contributed by atoms with Gasteiger partial charge < -0.3 is 15.2 Å². The van der Waals surface area contributed by atoms with Crippen molar-refractivity contribution in [3.63, 3.8) is 0 Å². The lowest BCUT2D eigenvalue weighted by molar-refractivity contribution is 0.240. The second-order valence-electron chi connectivity index (χ2n) is 5.90. The number of benzene rings is 2. The number of rotatable bonds is 7. The highest BCUT2D eigenvalue weighted by Gasteiger charge is 2.05. The largest absolute Gasteiger partial charge is 0.338 e. The minimum atomic E-state index is -0.285. The normalized spacial score (nSPS) is 10.5. The third kappa shape index (κ3) is 4.92. The number of aryl methyl sites for hydroxylation is 1. The molecule has 0 aliphatic heterocycles. The van der Waals surface area contributed by atoms with E-state index in [1.165, 1.54) is 12.1 Å². The van der Waals surface area contributed by atoms with Crippen LogP contribution in [-0.4, -0.2) is 22.1 Å². The number of nitrogens with zero attached hydrogens (tertiary/aromatic N) is 2. The van der Waals surface area contributed by atoms with Crippen molar-refractivity contribution < 1.29 is 9.18 Å². The summed E-state index contributed by atoms with van der Waals surface area (Å²) in [6.45, 7) is 1.69. The summed E-state index contributed by atoms with van der Waals surface area (Å²) in [4.78, 5) is 16.2. The molecule has 2 amide bonds. The van der Waals surface area contributed by atoms with Gasteiger partial charge in [0, 0.05) is 37.6 Å². The van der Waals surface area contributed by atoms with Crippen LogP contribution in [0.2, 0.25) is 0 Å². The van der Waals surface area contributed by atoms with Crippen molar-refractivity contribution in [2.45, 2.75) is 19.5 Å². The summed E-state index contributed by atoms with van der Waals surface area (Å²) in [5, 5.41) is 5.59. The van der Waals surface area contributed by atoms with Crippen LogP contribution in [0.1, 0.15) is 12.0 Å². The Balaban J connectivity index is 1.40. The number of hydrogen-bond acceptors (Lipinski definition) is 2. The summed E-state index contributed by atoms with van der Waals surface area (Å²) in [6, 6.07) is 15.8. The van der Waals surface area contributed by atoms with Crippen molar-refractivity contribution in [3.8, 4) is 11.4 Å². The van der Waals surface area contributed by atoms with E-state index in [9.17, 15) is 9.18 Å². The topological polar surface area (TPSA) is 59.0 Å². The molecule has 5 nitrogen and oxygen atoms in total. The van der Waals surface area contributed by atoms with Gasteiger partial charge >= 0.3 is 6.03 Å². The third-order valence-corrected chi connectivity index (χ3v) is 3.98. The Bertz CT molecular complexity index is 831. The number of halogens is 1. The van der Waals surface area contributed by atoms with Gasteiger partial charge in [-0.3, -0.25) is 0 Å². The molecule has 0 fully saturated rings. The Kier molecular flexibility index (Phi) is 5.98. The van der Waals surface area contributed by atoms with Gasteiger partial charge in [0.15, 0.2) is 0 Å². The molecular weight excluding hydrogens is 331 g/mol. The number of hydrogen-bond donors (Lipinski definition) is 2. The van der Waals surface area contributed by atoms with Crippen molar-refractivity contribution in [2.75, 3.05) is 6.54 Å². The number of imidazole rings is 1. The van der Waals surface area contributed by atoms with Gasteiger partial charge in [0.1, 0.15) is 11.6 Å². The Hall–Kier alpha value is -3.15. The van der Waals surface area contributed by atoms with E-state index < -0.39 is 0 Å². The van der Waals surface area contributed by atoms with Crippen LogP contribution in [0.25, 0.3) is 11.4 Å². The molecule has 0 saturated heterocycles. The quantitative estimate of drug-likeness (QED) is 0.639. The van der Waals surface area contributed by atoms with Crippen LogP contribution in [0.4, 0.5) is 9.18 Å². The lowest BCUT2D eigenvalue weighted by Gasteiger charge is -2.10. The Morgan fingerprint density at radius 1 is 1.04 bits per heavy atom.